The molecule has 22 heavy (non-hydrogen) atoms. The molecule has 1 amide bonds. The number of rotatable bonds is 3. The van der Waals surface area contributed by atoms with Gasteiger partial charge in [0.2, 0.25) is 0 Å². The molecule has 1 heterocycles. The summed E-state index contributed by atoms with van der Waals surface area (Å²) in [6.45, 7) is 1.75. The van der Waals surface area contributed by atoms with Gasteiger partial charge in [-0.25, -0.2) is 4.98 Å². The number of carbonyl (C=O) groups excluding carboxylic acids is 1. The molecular formula is C16H14N4O2. The third-order valence-corrected chi connectivity index (χ3v) is 3.29. The second kappa shape index (κ2) is 5.69. The zero-order valence-corrected chi connectivity index (χ0v) is 11.9. The Morgan fingerprint density at radius 2 is 2.05 bits per heavy atom. The number of H-pyrrole nitrogens is 1. The summed E-state index contributed by atoms with van der Waals surface area (Å²) in [5, 5.41) is 19.3. The van der Waals surface area contributed by atoms with Crippen molar-refractivity contribution in [1.29, 1.82) is 0 Å². The molecule has 0 aliphatic rings. The minimum Gasteiger partial charge on any atom is -0.507 e. The molecule has 1 aromatic heterocycles. The summed E-state index contributed by atoms with van der Waals surface area (Å²) in [5.74, 6) is 0.247. The number of aromatic hydroxyl groups is 1. The minimum atomic E-state index is -0.365. The first-order chi connectivity index (χ1) is 10.6. The zero-order valence-electron chi connectivity index (χ0n) is 11.9. The van der Waals surface area contributed by atoms with Gasteiger partial charge in [-0.3, -0.25) is 9.89 Å². The number of para-hydroxylation sites is 1. The van der Waals surface area contributed by atoms with Crippen molar-refractivity contribution < 1.29 is 9.90 Å². The lowest BCUT2D eigenvalue weighted by atomic mass is 10.1. The Kier molecular flexibility index (Phi) is 3.57. The first-order valence-corrected chi connectivity index (χ1v) is 6.71. The van der Waals surface area contributed by atoms with Crippen LogP contribution in [0.5, 0.6) is 5.75 Å². The van der Waals surface area contributed by atoms with Crippen LogP contribution in [0.15, 0.2) is 48.8 Å². The van der Waals surface area contributed by atoms with E-state index >= 15 is 0 Å². The predicted molar refractivity (Wildman–Crippen MR) is 82.6 cm³/mol. The van der Waals surface area contributed by atoms with E-state index in [0.717, 1.165) is 5.56 Å². The smallest absolute Gasteiger partial charge is 0.259 e. The van der Waals surface area contributed by atoms with Crippen LogP contribution >= 0.6 is 0 Å². The van der Waals surface area contributed by atoms with Crippen molar-refractivity contribution in [3.63, 3.8) is 0 Å². The van der Waals surface area contributed by atoms with Gasteiger partial charge in [0.15, 0.2) is 5.82 Å². The number of nitrogens with zero attached hydrogens (tertiary/aromatic N) is 2. The van der Waals surface area contributed by atoms with E-state index in [-0.39, 0.29) is 17.2 Å². The Balaban J connectivity index is 1.86. The Hall–Kier alpha value is -3.15. The third-order valence-electron chi connectivity index (χ3n) is 3.29. The highest BCUT2D eigenvalue weighted by Gasteiger charge is 2.13. The van der Waals surface area contributed by atoms with Crippen LogP contribution in [0.25, 0.3) is 11.4 Å². The maximum absolute atomic E-state index is 12.3. The summed E-state index contributed by atoms with van der Waals surface area (Å²) >= 11 is 0. The normalized spacial score (nSPS) is 10.4. The molecule has 0 saturated heterocycles. The van der Waals surface area contributed by atoms with Gasteiger partial charge in [-0.15, -0.1) is 0 Å². The number of anilines is 1. The van der Waals surface area contributed by atoms with Gasteiger partial charge in [0.25, 0.3) is 5.91 Å². The van der Waals surface area contributed by atoms with Gasteiger partial charge in [0.05, 0.1) is 5.56 Å². The van der Waals surface area contributed by atoms with E-state index in [1.165, 1.54) is 6.33 Å². The average molecular weight is 294 g/mol. The number of hydrogen-bond donors (Lipinski definition) is 3. The number of benzene rings is 2. The van der Waals surface area contributed by atoms with Gasteiger partial charge >= 0.3 is 0 Å². The molecule has 0 fully saturated rings. The van der Waals surface area contributed by atoms with Gasteiger partial charge < -0.3 is 10.4 Å². The second-order valence-electron chi connectivity index (χ2n) is 4.84. The van der Waals surface area contributed by atoms with Crippen LogP contribution in [0, 0.1) is 6.92 Å². The number of aromatic nitrogens is 3. The maximum Gasteiger partial charge on any atom is 0.259 e. The Morgan fingerprint density at radius 3 is 2.82 bits per heavy atom. The van der Waals surface area contributed by atoms with E-state index < -0.39 is 0 Å². The van der Waals surface area contributed by atoms with Gasteiger partial charge in [-0.2, -0.15) is 5.10 Å². The standard InChI is InChI=1S/C16H14N4O2/c1-10-4-2-7-13(14(10)21)16(22)19-12-6-3-5-11(8-12)15-17-9-18-20-15/h2-9,21H,1H3,(H,19,22)(H,17,18,20). The fraction of sp³-hybridized carbons (Fsp3) is 0.0625. The van der Waals surface area contributed by atoms with Crippen LogP contribution in [0.3, 0.4) is 0 Å². The molecule has 0 bridgehead atoms. The fourth-order valence-electron chi connectivity index (χ4n) is 2.13. The Labute approximate surface area is 126 Å². The molecule has 2 aromatic carbocycles. The molecule has 0 saturated carbocycles. The molecule has 3 rings (SSSR count). The molecule has 0 atom stereocenters. The first-order valence-electron chi connectivity index (χ1n) is 6.71. The molecule has 3 aromatic rings. The van der Waals surface area contributed by atoms with E-state index in [1.54, 1.807) is 37.3 Å². The summed E-state index contributed by atoms with van der Waals surface area (Å²) < 4.78 is 0. The van der Waals surface area contributed by atoms with Gasteiger partial charge in [0, 0.05) is 11.3 Å². The highest BCUT2D eigenvalue weighted by molar-refractivity contribution is 6.06. The maximum atomic E-state index is 12.3. The van der Waals surface area contributed by atoms with Crippen LogP contribution in [0.4, 0.5) is 5.69 Å². The number of aryl methyl sites for hydroxylation is 1. The topological polar surface area (TPSA) is 90.9 Å². The number of amides is 1. The van der Waals surface area contributed by atoms with Crippen molar-refractivity contribution >= 4 is 11.6 Å². The number of nitrogens with one attached hydrogen (secondary N) is 2. The Morgan fingerprint density at radius 1 is 1.23 bits per heavy atom. The van der Waals surface area contributed by atoms with E-state index in [0.29, 0.717) is 17.1 Å². The molecule has 6 nitrogen and oxygen atoms in total. The molecule has 0 unspecified atom stereocenters. The van der Waals surface area contributed by atoms with Crippen molar-refractivity contribution in [2.75, 3.05) is 5.32 Å². The van der Waals surface area contributed by atoms with Crippen LogP contribution in [-0.4, -0.2) is 26.2 Å². The largest absolute Gasteiger partial charge is 0.507 e. The van der Waals surface area contributed by atoms with Crippen LogP contribution in [0.2, 0.25) is 0 Å². The van der Waals surface area contributed by atoms with Crippen LogP contribution < -0.4 is 5.32 Å². The zero-order chi connectivity index (χ0) is 15.5. The summed E-state index contributed by atoms with van der Waals surface area (Å²) in [4.78, 5) is 16.3. The fourth-order valence-corrected chi connectivity index (χ4v) is 2.13. The number of aromatic amines is 1. The van der Waals surface area contributed by atoms with E-state index in [9.17, 15) is 9.90 Å². The molecular weight excluding hydrogens is 280 g/mol. The molecule has 110 valence electrons. The third kappa shape index (κ3) is 2.67. The second-order valence-corrected chi connectivity index (χ2v) is 4.84. The molecule has 0 aliphatic carbocycles. The number of phenols is 1. The van der Waals surface area contributed by atoms with E-state index in [1.807, 2.05) is 12.1 Å². The lowest BCUT2D eigenvalue weighted by Crippen LogP contribution is -2.12. The summed E-state index contributed by atoms with van der Waals surface area (Å²) in [7, 11) is 0. The van der Waals surface area contributed by atoms with Crippen molar-refractivity contribution in [3.8, 4) is 17.1 Å². The Bertz CT molecular complexity index is 813. The van der Waals surface area contributed by atoms with Gasteiger partial charge in [0.1, 0.15) is 12.1 Å². The minimum absolute atomic E-state index is 0.00797. The molecule has 0 spiro atoms. The summed E-state index contributed by atoms with van der Waals surface area (Å²) in [5.41, 5.74) is 2.32. The highest BCUT2D eigenvalue weighted by Crippen LogP contribution is 2.24. The molecule has 0 aliphatic heterocycles. The predicted octanol–water partition coefficient (Wildman–Crippen LogP) is 2.74. The first kappa shape index (κ1) is 13.8. The molecule has 6 heteroatoms. The van der Waals surface area contributed by atoms with Crippen molar-refractivity contribution in [3.05, 3.63) is 59.9 Å². The van der Waals surface area contributed by atoms with E-state index in [4.69, 9.17) is 0 Å². The molecule has 3 N–H and O–H groups in total. The quantitative estimate of drug-likeness (QED) is 0.692. The number of hydrogen-bond acceptors (Lipinski definition) is 4. The van der Waals surface area contributed by atoms with Gasteiger partial charge in [-0.1, -0.05) is 24.3 Å². The SMILES string of the molecule is Cc1cccc(C(=O)Nc2cccc(-c3ncn[nH]3)c2)c1O. The van der Waals surface area contributed by atoms with Crippen LogP contribution in [0.1, 0.15) is 15.9 Å². The average Bonchev–Trinajstić information content (AvgIpc) is 3.04. The molecule has 0 radical (unpaired) electrons. The van der Waals surface area contributed by atoms with E-state index in [2.05, 4.69) is 20.5 Å². The van der Waals surface area contributed by atoms with Gasteiger partial charge in [-0.05, 0) is 30.7 Å². The monoisotopic (exact) mass is 294 g/mol. The number of carbonyl (C=O) groups is 1. The lowest BCUT2D eigenvalue weighted by molar-refractivity contribution is 0.102. The number of phenolic OH excluding ortho intramolecular Hbond substituents is 1. The highest BCUT2D eigenvalue weighted by atomic mass is 16.3. The summed E-state index contributed by atoms with van der Waals surface area (Å²) in [6.07, 6.45) is 1.42. The lowest BCUT2D eigenvalue weighted by Gasteiger charge is -2.09. The van der Waals surface area contributed by atoms with Crippen molar-refractivity contribution in [1.82, 2.24) is 15.2 Å². The van der Waals surface area contributed by atoms with Crippen molar-refractivity contribution in [2.45, 2.75) is 6.92 Å². The van der Waals surface area contributed by atoms with Crippen LogP contribution in [-0.2, 0) is 0 Å². The van der Waals surface area contributed by atoms with Crippen molar-refractivity contribution in [2.24, 2.45) is 0 Å². The summed E-state index contributed by atoms with van der Waals surface area (Å²) in [6, 6.07) is 12.3.